The number of rotatable bonds is 6. The molecule has 10 heteroatoms. The van der Waals surface area contributed by atoms with E-state index in [0.717, 1.165) is 40.2 Å². The highest BCUT2D eigenvalue weighted by Gasteiger charge is 2.33. The summed E-state index contributed by atoms with van der Waals surface area (Å²) in [7, 11) is -2.32. The lowest BCUT2D eigenvalue weighted by Crippen LogP contribution is -2.55. The molecule has 2 aromatic rings. The molecule has 0 radical (unpaired) electrons. The van der Waals surface area contributed by atoms with Crippen LogP contribution in [-0.4, -0.2) is 64.8 Å². The number of halogens is 2. The van der Waals surface area contributed by atoms with E-state index >= 15 is 0 Å². The van der Waals surface area contributed by atoms with Gasteiger partial charge in [0.05, 0.1) is 19.1 Å². The lowest BCUT2D eigenvalue weighted by Gasteiger charge is -2.39. The molecule has 0 unspecified atom stereocenters. The molecule has 3 rings (SSSR count). The van der Waals surface area contributed by atoms with Gasteiger partial charge in [0.1, 0.15) is 11.8 Å². The fourth-order valence-corrected chi connectivity index (χ4v) is 4.83. The van der Waals surface area contributed by atoms with Gasteiger partial charge in [0.15, 0.2) is 11.6 Å². The van der Waals surface area contributed by atoms with E-state index in [-0.39, 0.29) is 5.69 Å². The van der Waals surface area contributed by atoms with Crippen molar-refractivity contribution < 1.29 is 26.7 Å². The van der Waals surface area contributed by atoms with Gasteiger partial charge in [-0.15, -0.1) is 0 Å². The van der Waals surface area contributed by atoms with Gasteiger partial charge in [-0.25, -0.2) is 17.2 Å². The van der Waals surface area contributed by atoms with Crippen LogP contribution in [-0.2, 0) is 14.8 Å². The van der Waals surface area contributed by atoms with Crippen LogP contribution in [0.4, 0.5) is 20.2 Å². The quantitative estimate of drug-likeness (QED) is 0.672. The van der Waals surface area contributed by atoms with Crippen LogP contribution >= 0.6 is 0 Å². The number of methoxy groups -OCH3 is 1. The Morgan fingerprint density at radius 1 is 1.03 bits per heavy atom. The van der Waals surface area contributed by atoms with Crippen LogP contribution in [0.25, 0.3) is 0 Å². The minimum atomic E-state index is -3.92. The van der Waals surface area contributed by atoms with Gasteiger partial charge in [0, 0.05) is 37.9 Å². The normalized spacial score (nSPS) is 15.5. The summed E-state index contributed by atoms with van der Waals surface area (Å²) in [5.41, 5.74) is 0.902. The Morgan fingerprint density at radius 2 is 1.65 bits per heavy atom. The maximum atomic E-state index is 13.7. The first-order valence-corrected chi connectivity index (χ1v) is 11.6. The Morgan fingerprint density at radius 3 is 2.16 bits per heavy atom. The van der Waals surface area contributed by atoms with E-state index in [9.17, 15) is 22.0 Å². The summed E-state index contributed by atoms with van der Waals surface area (Å²) >= 11 is 0. The van der Waals surface area contributed by atoms with Crippen molar-refractivity contribution in [3.63, 3.8) is 0 Å². The summed E-state index contributed by atoms with van der Waals surface area (Å²) < 4.78 is 57.7. The molecule has 0 N–H and O–H groups in total. The molecule has 0 bridgehead atoms. The molecule has 1 fully saturated rings. The molecule has 0 aliphatic carbocycles. The highest BCUT2D eigenvalue weighted by atomic mass is 32.2. The number of nitrogens with zero attached hydrogens (tertiary/aromatic N) is 3. The minimum absolute atomic E-state index is 0.0980. The van der Waals surface area contributed by atoms with E-state index in [1.54, 1.807) is 12.0 Å². The third-order valence-corrected chi connectivity index (χ3v) is 6.49. The fraction of sp³-hybridized carbons (Fsp3) is 0.381. The van der Waals surface area contributed by atoms with Gasteiger partial charge in [-0.1, -0.05) is 0 Å². The fourth-order valence-electron chi connectivity index (χ4n) is 3.67. The SMILES string of the molecule is COc1ccc(N2CCN(C(=O)[C@@H](C)N(c3ccc(F)c(F)c3)S(C)(=O)=O)CC2)cc1. The van der Waals surface area contributed by atoms with Gasteiger partial charge < -0.3 is 14.5 Å². The summed E-state index contributed by atoms with van der Waals surface area (Å²) in [4.78, 5) is 16.8. The molecular formula is C21H25F2N3O4S. The van der Waals surface area contributed by atoms with E-state index in [4.69, 9.17) is 4.74 Å². The van der Waals surface area contributed by atoms with E-state index in [1.807, 2.05) is 24.3 Å². The van der Waals surface area contributed by atoms with Gasteiger partial charge in [-0.2, -0.15) is 0 Å². The molecule has 2 aromatic carbocycles. The van der Waals surface area contributed by atoms with E-state index in [0.29, 0.717) is 26.2 Å². The third kappa shape index (κ3) is 5.07. The van der Waals surface area contributed by atoms with Crippen molar-refractivity contribution in [2.75, 3.05) is 48.7 Å². The molecular weight excluding hydrogens is 428 g/mol. The zero-order valence-corrected chi connectivity index (χ0v) is 18.4. The van der Waals surface area contributed by atoms with E-state index in [1.165, 1.54) is 6.92 Å². The van der Waals surface area contributed by atoms with Crippen LogP contribution in [0.5, 0.6) is 5.75 Å². The first-order chi connectivity index (χ1) is 14.6. The lowest BCUT2D eigenvalue weighted by molar-refractivity contribution is -0.132. The molecule has 0 aromatic heterocycles. The topological polar surface area (TPSA) is 70.2 Å². The van der Waals surface area contributed by atoms with Crippen molar-refractivity contribution in [1.82, 2.24) is 4.90 Å². The van der Waals surface area contributed by atoms with Crippen LogP contribution < -0.4 is 13.9 Å². The van der Waals surface area contributed by atoms with Crippen LogP contribution in [0.1, 0.15) is 6.92 Å². The standard InChI is InChI=1S/C21H25F2N3O4S/c1-15(26(31(3,28)29)17-6-9-19(22)20(23)14-17)21(27)25-12-10-24(11-13-25)16-4-7-18(30-2)8-5-16/h4-9,14-15H,10-13H2,1-3H3/t15-/m1/s1. The lowest BCUT2D eigenvalue weighted by atomic mass is 10.2. The Balaban J connectivity index is 1.72. The number of benzene rings is 2. The molecule has 0 spiro atoms. The van der Waals surface area contributed by atoms with Gasteiger partial charge in [0.2, 0.25) is 15.9 Å². The molecule has 168 valence electrons. The molecule has 1 heterocycles. The highest BCUT2D eigenvalue weighted by molar-refractivity contribution is 7.92. The van der Waals surface area contributed by atoms with Crippen LogP contribution in [0.15, 0.2) is 42.5 Å². The van der Waals surface area contributed by atoms with Crippen LogP contribution in [0.2, 0.25) is 0 Å². The van der Waals surface area contributed by atoms with Crippen molar-refractivity contribution in [2.24, 2.45) is 0 Å². The zero-order valence-electron chi connectivity index (χ0n) is 17.6. The summed E-state index contributed by atoms with van der Waals surface area (Å²) in [6.07, 6.45) is 0.930. The van der Waals surface area contributed by atoms with Crippen molar-refractivity contribution in [2.45, 2.75) is 13.0 Å². The van der Waals surface area contributed by atoms with Crippen LogP contribution in [0.3, 0.4) is 0 Å². The number of ether oxygens (including phenoxy) is 1. The first kappa shape index (κ1) is 22.8. The van der Waals surface area contributed by atoms with Gasteiger partial charge in [0.25, 0.3) is 0 Å². The summed E-state index contributed by atoms with van der Waals surface area (Å²) in [5.74, 6) is -1.92. The number of sulfonamides is 1. The van der Waals surface area contributed by atoms with E-state index < -0.39 is 33.6 Å². The number of anilines is 2. The summed E-state index contributed by atoms with van der Waals surface area (Å²) in [5, 5.41) is 0. The average molecular weight is 454 g/mol. The molecule has 7 nitrogen and oxygen atoms in total. The molecule has 1 atom stereocenters. The minimum Gasteiger partial charge on any atom is -0.497 e. The number of amides is 1. The van der Waals surface area contributed by atoms with E-state index in [2.05, 4.69) is 4.90 Å². The molecule has 1 amide bonds. The van der Waals surface area contributed by atoms with Crippen LogP contribution in [0, 0.1) is 11.6 Å². The maximum Gasteiger partial charge on any atom is 0.246 e. The monoisotopic (exact) mass is 453 g/mol. The number of piperazine rings is 1. The van der Waals surface area contributed by atoms with Gasteiger partial charge in [-0.3, -0.25) is 9.10 Å². The highest BCUT2D eigenvalue weighted by Crippen LogP contribution is 2.25. The van der Waals surface area contributed by atoms with Crippen molar-refractivity contribution in [3.05, 3.63) is 54.1 Å². The second-order valence-corrected chi connectivity index (χ2v) is 9.20. The Bertz CT molecular complexity index is 1040. The number of hydrogen-bond acceptors (Lipinski definition) is 5. The van der Waals surface area contributed by atoms with Crippen molar-refractivity contribution in [3.8, 4) is 5.75 Å². The third-order valence-electron chi connectivity index (χ3n) is 5.25. The number of carbonyl (C=O) groups excluding carboxylic acids is 1. The maximum absolute atomic E-state index is 13.7. The molecule has 31 heavy (non-hydrogen) atoms. The number of carbonyl (C=O) groups is 1. The zero-order chi connectivity index (χ0) is 22.8. The Hall–Kier alpha value is -2.88. The Kier molecular flexibility index (Phi) is 6.68. The summed E-state index contributed by atoms with van der Waals surface area (Å²) in [6, 6.07) is 9.26. The van der Waals surface area contributed by atoms with Gasteiger partial charge in [-0.05, 0) is 43.3 Å². The predicted molar refractivity (Wildman–Crippen MR) is 115 cm³/mol. The smallest absolute Gasteiger partial charge is 0.246 e. The molecule has 1 saturated heterocycles. The van der Waals surface area contributed by atoms with Gasteiger partial charge >= 0.3 is 0 Å². The molecule has 0 saturated carbocycles. The second kappa shape index (κ2) is 9.09. The van der Waals surface area contributed by atoms with Crippen molar-refractivity contribution >= 4 is 27.3 Å². The largest absolute Gasteiger partial charge is 0.497 e. The second-order valence-electron chi connectivity index (χ2n) is 7.34. The van der Waals surface area contributed by atoms with Crippen molar-refractivity contribution in [1.29, 1.82) is 0 Å². The summed E-state index contributed by atoms with van der Waals surface area (Å²) in [6.45, 7) is 3.42. The first-order valence-electron chi connectivity index (χ1n) is 9.74. The predicted octanol–water partition coefficient (Wildman–Crippen LogP) is 2.48. The number of hydrogen-bond donors (Lipinski definition) is 0. The molecule has 1 aliphatic rings. The Labute approximate surface area is 180 Å². The molecule has 1 aliphatic heterocycles. The average Bonchev–Trinajstić information content (AvgIpc) is 2.75.